The highest BCUT2D eigenvalue weighted by Gasteiger charge is 2.44. The summed E-state index contributed by atoms with van der Waals surface area (Å²) in [6.45, 7) is 2.51. The number of nitrogens with zero attached hydrogens (tertiary/aromatic N) is 1. The fraction of sp³-hybridized carbons (Fsp3) is 0.818. The van der Waals surface area contributed by atoms with Crippen LogP contribution in [0.3, 0.4) is 0 Å². The molecule has 5 heteroatoms. The van der Waals surface area contributed by atoms with Crippen LogP contribution in [-0.4, -0.2) is 46.2 Å². The van der Waals surface area contributed by atoms with E-state index in [1.54, 1.807) is 4.90 Å². The minimum absolute atomic E-state index is 0.00988. The molecule has 1 aliphatic carbocycles. The van der Waals surface area contributed by atoms with Crippen molar-refractivity contribution >= 4 is 11.9 Å². The summed E-state index contributed by atoms with van der Waals surface area (Å²) >= 11 is 0. The maximum atomic E-state index is 11.3. The molecule has 2 aliphatic rings. The Hall–Kier alpha value is -1.10. The van der Waals surface area contributed by atoms with E-state index in [0.29, 0.717) is 25.9 Å². The van der Waals surface area contributed by atoms with Crippen molar-refractivity contribution in [2.75, 3.05) is 13.1 Å². The molecule has 1 amide bonds. The Morgan fingerprint density at radius 3 is 2.06 bits per heavy atom. The minimum Gasteiger partial charge on any atom is -0.481 e. The number of hydrogen-bond donors (Lipinski definition) is 2. The SMILES string of the molecule is CC(=O)N1CC2CC(C(=O)O)CC(C1)C2O. The molecule has 0 aromatic rings. The molecule has 2 rings (SSSR count). The zero-order chi connectivity index (χ0) is 11.9. The van der Waals surface area contributed by atoms with Gasteiger partial charge in [-0.3, -0.25) is 9.59 Å². The molecular formula is C11H17NO4. The summed E-state index contributed by atoms with van der Waals surface area (Å²) in [5.74, 6) is -1.27. The second-order valence-corrected chi connectivity index (χ2v) is 4.94. The van der Waals surface area contributed by atoms with E-state index < -0.39 is 12.1 Å². The van der Waals surface area contributed by atoms with E-state index >= 15 is 0 Å². The molecule has 5 nitrogen and oxygen atoms in total. The number of aliphatic hydroxyl groups excluding tert-OH is 1. The number of carboxylic acid groups (broad SMARTS) is 1. The number of carbonyl (C=O) groups is 2. The lowest BCUT2D eigenvalue weighted by Gasteiger charge is -2.46. The molecule has 0 aromatic carbocycles. The number of likely N-dealkylation sites (tertiary alicyclic amines) is 1. The van der Waals surface area contributed by atoms with Crippen molar-refractivity contribution in [3.8, 4) is 0 Å². The van der Waals surface area contributed by atoms with Gasteiger partial charge >= 0.3 is 5.97 Å². The van der Waals surface area contributed by atoms with Gasteiger partial charge in [0.25, 0.3) is 0 Å². The minimum atomic E-state index is -0.779. The number of aliphatic hydroxyl groups is 1. The lowest BCUT2D eigenvalue weighted by Crippen LogP contribution is -2.55. The maximum Gasteiger partial charge on any atom is 0.306 e. The van der Waals surface area contributed by atoms with Gasteiger partial charge in [-0.05, 0) is 12.8 Å². The summed E-state index contributed by atoms with van der Waals surface area (Å²) in [5.41, 5.74) is 0. The summed E-state index contributed by atoms with van der Waals surface area (Å²) in [6.07, 6.45) is 0.527. The summed E-state index contributed by atoms with van der Waals surface area (Å²) < 4.78 is 0. The van der Waals surface area contributed by atoms with Crippen LogP contribution in [0, 0.1) is 17.8 Å². The maximum absolute atomic E-state index is 11.3. The third-order valence-electron chi connectivity index (χ3n) is 3.84. The zero-order valence-corrected chi connectivity index (χ0v) is 9.30. The van der Waals surface area contributed by atoms with Crippen molar-refractivity contribution in [2.45, 2.75) is 25.9 Å². The number of piperidine rings is 1. The van der Waals surface area contributed by atoms with Crippen LogP contribution >= 0.6 is 0 Å². The molecule has 2 bridgehead atoms. The molecular weight excluding hydrogens is 210 g/mol. The highest BCUT2D eigenvalue weighted by Crippen LogP contribution is 2.38. The van der Waals surface area contributed by atoms with Crippen molar-refractivity contribution in [3.05, 3.63) is 0 Å². The normalized spacial score (nSPS) is 38.2. The van der Waals surface area contributed by atoms with Crippen LogP contribution in [0.15, 0.2) is 0 Å². The van der Waals surface area contributed by atoms with Crippen LogP contribution in [0.2, 0.25) is 0 Å². The van der Waals surface area contributed by atoms with Crippen molar-refractivity contribution in [2.24, 2.45) is 17.8 Å². The van der Waals surface area contributed by atoms with Crippen LogP contribution in [0.5, 0.6) is 0 Å². The first-order valence-corrected chi connectivity index (χ1v) is 5.65. The second kappa shape index (κ2) is 4.05. The van der Waals surface area contributed by atoms with Gasteiger partial charge in [0.15, 0.2) is 0 Å². The smallest absolute Gasteiger partial charge is 0.306 e. The van der Waals surface area contributed by atoms with Gasteiger partial charge in [0.2, 0.25) is 5.91 Å². The first kappa shape index (κ1) is 11.4. The predicted molar refractivity (Wildman–Crippen MR) is 55.6 cm³/mol. The molecule has 90 valence electrons. The Kier molecular flexibility index (Phi) is 2.88. The molecule has 0 spiro atoms. The number of aliphatic carboxylic acids is 1. The molecule has 2 atom stereocenters. The van der Waals surface area contributed by atoms with Crippen LogP contribution in [0.1, 0.15) is 19.8 Å². The quantitative estimate of drug-likeness (QED) is 0.657. The Balaban J connectivity index is 2.10. The third kappa shape index (κ3) is 1.91. The molecule has 2 unspecified atom stereocenters. The van der Waals surface area contributed by atoms with Gasteiger partial charge in [0.05, 0.1) is 12.0 Å². The third-order valence-corrected chi connectivity index (χ3v) is 3.84. The summed E-state index contributed by atoms with van der Waals surface area (Å²) in [6, 6.07) is 0. The molecule has 2 N–H and O–H groups in total. The van der Waals surface area contributed by atoms with E-state index in [1.165, 1.54) is 6.92 Å². The van der Waals surface area contributed by atoms with Crippen LogP contribution < -0.4 is 0 Å². The lowest BCUT2D eigenvalue weighted by atomic mass is 9.70. The lowest BCUT2D eigenvalue weighted by molar-refractivity contribution is -0.151. The topological polar surface area (TPSA) is 77.8 Å². The Bertz CT molecular complexity index is 275. The molecule has 1 aliphatic heterocycles. The number of carboxylic acids is 1. The van der Waals surface area contributed by atoms with E-state index in [2.05, 4.69) is 0 Å². The number of hydrogen-bond acceptors (Lipinski definition) is 3. The van der Waals surface area contributed by atoms with Gasteiger partial charge in [-0.15, -0.1) is 0 Å². The van der Waals surface area contributed by atoms with E-state index in [4.69, 9.17) is 5.11 Å². The number of amides is 1. The molecule has 2 fully saturated rings. The molecule has 1 saturated heterocycles. The number of rotatable bonds is 1. The average molecular weight is 227 g/mol. The first-order chi connectivity index (χ1) is 7.49. The van der Waals surface area contributed by atoms with Crippen molar-refractivity contribution in [1.82, 2.24) is 4.90 Å². The van der Waals surface area contributed by atoms with Crippen molar-refractivity contribution in [1.29, 1.82) is 0 Å². The fourth-order valence-electron chi connectivity index (χ4n) is 2.96. The first-order valence-electron chi connectivity index (χ1n) is 5.65. The molecule has 0 aromatic heterocycles. The number of carbonyl (C=O) groups excluding carboxylic acids is 1. The van der Waals surface area contributed by atoms with Gasteiger partial charge < -0.3 is 15.1 Å². The summed E-state index contributed by atoms with van der Waals surface area (Å²) in [5, 5.41) is 18.9. The van der Waals surface area contributed by atoms with E-state index in [1.807, 2.05) is 0 Å². The van der Waals surface area contributed by atoms with Crippen molar-refractivity contribution in [3.63, 3.8) is 0 Å². The highest BCUT2D eigenvalue weighted by atomic mass is 16.4. The highest BCUT2D eigenvalue weighted by molar-refractivity contribution is 5.73. The fourth-order valence-corrected chi connectivity index (χ4v) is 2.96. The summed E-state index contributed by atoms with van der Waals surface area (Å²) in [7, 11) is 0. The average Bonchev–Trinajstić information content (AvgIpc) is 2.15. The monoisotopic (exact) mass is 227 g/mol. The number of fused-ring (bicyclic) bond motifs is 2. The second-order valence-electron chi connectivity index (χ2n) is 4.94. The van der Waals surface area contributed by atoms with Gasteiger partial charge in [-0.1, -0.05) is 0 Å². The van der Waals surface area contributed by atoms with Gasteiger partial charge in [0.1, 0.15) is 0 Å². The van der Waals surface area contributed by atoms with E-state index in [-0.39, 0.29) is 23.7 Å². The zero-order valence-electron chi connectivity index (χ0n) is 9.30. The molecule has 16 heavy (non-hydrogen) atoms. The predicted octanol–water partition coefficient (Wildman–Crippen LogP) is -0.0636. The molecule has 1 saturated carbocycles. The van der Waals surface area contributed by atoms with Crippen molar-refractivity contribution < 1.29 is 19.8 Å². The van der Waals surface area contributed by atoms with Crippen LogP contribution in [0.4, 0.5) is 0 Å². The summed E-state index contributed by atoms with van der Waals surface area (Å²) in [4.78, 5) is 23.9. The van der Waals surface area contributed by atoms with E-state index in [0.717, 1.165) is 0 Å². The molecule has 0 radical (unpaired) electrons. The van der Waals surface area contributed by atoms with E-state index in [9.17, 15) is 14.7 Å². The van der Waals surface area contributed by atoms with Gasteiger partial charge in [-0.25, -0.2) is 0 Å². The molecule has 1 heterocycles. The largest absolute Gasteiger partial charge is 0.481 e. The van der Waals surface area contributed by atoms with Crippen LogP contribution in [0.25, 0.3) is 0 Å². The standard InChI is InChI=1S/C11H17NO4/c1-6(13)12-4-8-2-7(11(15)16)3-9(5-12)10(8)14/h7-10,14H,2-5H2,1H3,(H,15,16). The Labute approximate surface area is 94.0 Å². The van der Waals surface area contributed by atoms with Gasteiger partial charge in [0, 0.05) is 31.8 Å². The van der Waals surface area contributed by atoms with Crippen LogP contribution in [-0.2, 0) is 9.59 Å². The Morgan fingerprint density at radius 2 is 1.69 bits per heavy atom. The van der Waals surface area contributed by atoms with Gasteiger partial charge in [-0.2, -0.15) is 0 Å². The Morgan fingerprint density at radius 1 is 1.19 bits per heavy atom.